The van der Waals surface area contributed by atoms with E-state index < -0.39 is 5.24 Å². The van der Waals surface area contributed by atoms with E-state index >= 15 is 0 Å². The van der Waals surface area contributed by atoms with E-state index in [-0.39, 0.29) is 84.1 Å². The van der Waals surface area contributed by atoms with Crippen molar-refractivity contribution in [2.75, 3.05) is 6.54 Å². The molecule has 0 aromatic rings. The van der Waals surface area contributed by atoms with E-state index in [0.29, 0.717) is 6.54 Å². The van der Waals surface area contributed by atoms with Gasteiger partial charge in [0.05, 0.1) is 5.24 Å². The van der Waals surface area contributed by atoms with Crippen molar-refractivity contribution in [1.82, 2.24) is 5.32 Å². The van der Waals surface area contributed by atoms with Crippen LogP contribution in [0.3, 0.4) is 0 Å². The van der Waals surface area contributed by atoms with Crippen LogP contribution in [-0.4, -0.2) is 24.5 Å². The minimum absolute atomic E-state index is 0. The molecule has 0 aliphatic rings. The van der Waals surface area contributed by atoms with Crippen molar-refractivity contribution in [2.45, 2.75) is 19.8 Å². The maximum Gasteiger partial charge on any atom is 1.00 e. The summed E-state index contributed by atoms with van der Waals surface area (Å²) in [5, 5.41) is 1.65. The Morgan fingerprint density at radius 1 is 1.50 bits per heavy atom. The molecule has 0 aromatic heterocycles. The second-order valence-corrected chi connectivity index (χ2v) is 2.16. The van der Waals surface area contributed by atoms with Crippen molar-refractivity contribution in [3.05, 3.63) is 6.92 Å². The summed E-state index contributed by atoms with van der Waals surface area (Å²) >= 11 is 3.76. The van der Waals surface area contributed by atoms with Gasteiger partial charge in [-0.2, -0.15) is 19.8 Å². The monoisotopic (exact) mass is 346 g/mol. The predicted octanol–water partition coefficient (Wildman–Crippen LogP) is -3.01. The minimum atomic E-state index is -0.750. The topological polar surface area (TPSA) is 89.3 Å². The third kappa shape index (κ3) is 107. The summed E-state index contributed by atoms with van der Waals surface area (Å²) in [5.41, 5.74) is 4.29. The Morgan fingerprint density at radius 3 is 2.00 bits per heavy atom. The number of nitrogens with two attached hydrogens (primary N) is 1. The molecule has 5 nitrogen and oxygen atoms in total. The summed E-state index contributed by atoms with van der Waals surface area (Å²) < 4.78 is 0. The molecule has 0 spiro atoms. The van der Waals surface area contributed by atoms with E-state index in [4.69, 9.17) is 9.59 Å². The normalized spacial score (nSPS) is 5.88. The van der Waals surface area contributed by atoms with E-state index in [2.05, 4.69) is 30.6 Å². The van der Waals surface area contributed by atoms with Gasteiger partial charge < -0.3 is 45.0 Å². The molecule has 8 heteroatoms. The molecule has 0 aliphatic heterocycles. The number of hydrogen-bond acceptors (Lipinski definition) is 4. The molecular formula is C8H14KN2O3SY-3. The fourth-order valence-electron chi connectivity index (χ4n) is 0.264. The van der Waals surface area contributed by atoms with Crippen LogP contribution in [0.1, 0.15) is 19.8 Å². The van der Waals surface area contributed by atoms with Crippen molar-refractivity contribution in [3.63, 3.8) is 0 Å². The Bertz CT molecular complexity index is 149. The van der Waals surface area contributed by atoms with Gasteiger partial charge in [0.1, 0.15) is 0 Å². The largest absolute Gasteiger partial charge is 1.00 e. The van der Waals surface area contributed by atoms with Gasteiger partial charge in [0, 0.05) is 32.7 Å². The van der Waals surface area contributed by atoms with Crippen LogP contribution in [0, 0.1) is 6.92 Å². The molecule has 3 N–H and O–H groups in total. The Balaban J connectivity index is -0.0000000393. The average molecular weight is 346 g/mol. The number of hydrogen-bond donors (Lipinski definition) is 2. The van der Waals surface area contributed by atoms with Gasteiger partial charge in [0.15, 0.2) is 0 Å². The zero-order chi connectivity index (χ0) is 11.8. The van der Waals surface area contributed by atoms with E-state index in [9.17, 15) is 4.79 Å². The first kappa shape index (κ1) is 30.5. The van der Waals surface area contributed by atoms with Gasteiger partial charge >= 0.3 is 51.4 Å². The number of unbranched alkanes of at least 4 members (excludes halogenated alkanes) is 1. The first-order valence-corrected chi connectivity index (χ1v) is 4.12. The van der Waals surface area contributed by atoms with Crippen LogP contribution >= 0.6 is 0 Å². The van der Waals surface area contributed by atoms with Crippen molar-refractivity contribution < 1.29 is 98.5 Å². The van der Waals surface area contributed by atoms with Gasteiger partial charge in [-0.05, 0) is 6.54 Å². The minimum Gasteiger partial charge on any atom is -0.719 e. The number of amides is 2. The van der Waals surface area contributed by atoms with E-state index in [1.54, 1.807) is 6.41 Å². The number of rotatable bonds is 4. The smallest absolute Gasteiger partial charge is 0.719 e. The fourth-order valence-corrected chi connectivity index (χ4v) is 0.264. The van der Waals surface area contributed by atoms with Crippen molar-refractivity contribution >= 4 is 30.6 Å². The second kappa shape index (κ2) is 36.0. The Kier molecular flexibility index (Phi) is 68.6. The molecule has 0 aromatic carbocycles. The first-order valence-electron chi connectivity index (χ1n) is 3.71. The van der Waals surface area contributed by atoms with Gasteiger partial charge in [-0.15, -0.1) is 0 Å². The molecule has 0 rings (SSSR count). The second-order valence-electron chi connectivity index (χ2n) is 1.76. The Labute approximate surface area is 170 Å². The quantitative estimate of drug-likeness (QED) is 0.187. The molecule has 0 aliphatic carbocycles. The molecule has 2 amide bonds. The summed E-state index contributed by atoms with van der Waals surface area (Å²) in [5.74, 6) is 0. The number of carbonyl (C=O) groups excluding carboxylic acids is 3. The van der Waals surface area contributed by atoms with E-state index in [1.807, 2.05) is 0 Å². The molecular weight excluding hydrogens is 332 g/mol. The van der Waals surface area contributed by atoms with Gasteiger partial charge in [-0.25, -0.2) is 0 Å². The molecule has 16 heavy (non-hydrogen) atoms. The van der Waals surface area contributed by atoms with Crippen molar-refractivity contribution in [2.24, 2.45) is 5.73 Å². The molecule has 0 bridgehead atoms. The zero-order valence-electron chi connectivity index (χ0n) is 9.62. The molecule has 1 radical (unpaired) electrons. The molecule has 0 fully saturated rings. The molecule has 0 saturated carbocycles. The SMILES string of the molecule is C[C-]=O.NC(=O)[S-].[CH2-]CCCN[C-]=O.[K+].[Y]. The number of carbonyl (C=O) groups is 1. The summed E-state index contributed by atoms with van der Waals surface area (Å²) in [6.45, 7) is 5.61. The van der Waals surface area contributed by atoms with Gasteiger partial charge in [0.2, 0.25) is 0 Å². The molecule has 87 valence electrons. The van der Waals surface area contributed by atoms with Gasteiger partial charge in [-0.3, -0.25) is 6.29 Å². The van der Waals surface area contributed by atoms with Crippen LogP contribution in [0.5, 0.6) is 0 Å². The maximum atomic E-state index is 9.42. The van der Waals surface area contributed by atoms with E-state index in [0.717, 1.165) is 12.8 Å². The predicted molar refractivity (Wildman–Crippen MR) is 56.6 cm³/mol. The molecule has 0 saturated heterocycles. The summed E-state index contributed by atoms with van der Waals surface area (Å²) in [4.78, 5) is 27.1. The zero-order valence-corrected chi connectivity index (χ0v) is 16.4. The van der Waals surface area contributed by atoms with Crippen LogP contribution in [0.2, 0.25) is 0 Å². The Hall–Kier alpha value is 1.57. The third-order valence-electron chi connectivity index (χ3n) is 0.624. The van der Waals surface area contributed by atoms with Gasteiger partial charge in [0.25, 0.3) is 0 Å². The summed E-state index contributed by atoms with van der Waals surface area (Å²) in [7, 11) is 0. The third-order valence-corrected chi connectivity index (χ3v) is 0.624. The van der Waals surface area contributed by atoms with Crippen LogP contribution in [-0.2, 0) is 54.9 Å². The summed E-state index contributed by atoms with van der Waals surface area (Å²) in [6.07, 6.45) is 4.88. The first-order chi connectivity index (χ1) is 6.56. The van der Waals surface area contributed by atoms with Crippen molar-refractivity contribution in [3.8, 4) is 0 Å². The van der Waals surface area contributed by atoms with E-state index in [1.165, 1.54) is 13.2 Å². The molecule has 0 heterocycles. The van der Waals surface area contributed by atoms with Crippen LogP contribution in [0.4, 0.5) is 4.79 Å². The molecule has 0 unspecified atom stereocenters. The summed E-state index contributed by atoms with van der Waals surface area (Å²) in [6, 6.07) is 0. The van der Waals surface area contributed by atoms with Gasteiger partial charge in [-0.1, -0.05) is 6.42 Å². The maximum absolute atomic E-state index is 9.42. The number of primary amides is 1. The van der Waals surface area contributed by atoms with Crippen molar-refractivity contribution in [1.29, 1.82) is 0 Å². The standard InChI is InChI=1S/C5H9NO.C2H3O.CH3NOS.K.Y/c1-2-3-4-6-5-7;1-2-3;2-1(3)4;;/h1-4H2,(H,6,7);1H3;(H3,2,3,4);;/q-2;-1;;+1;/p-1. The van der Waals surface area contributed by atoms with Crippen LogP contribution in [0.25, 0.3) is 0 Å². The molecule has 0 atom stereocenters. The number of nitrogens with one attached hydrogen (secondary N) is 1. The van der Waals surface area contributed by atoms with Crippen LogP contribution < -0.4 is 62.4 Å². The Morgan fingerprint density at radius 2 is 1.81 bits per heavy atom. The van der Waals surface area contributed by atoms with Crippen LogP contribution in [0.15, 0.2) is 0 Å². The fraction of sp³-hybridized carbons (Fsp3) is 0.500. The average Bonchev–Trinajstić information content (AvgIpc) is 2.06.